The molecule has 0 bridgehead atoms. The summed E-state index contributed by atoms with van der Waals surface area (Å²) in [7, 11) is 1.77. The van der Waals surface area contributed by atoms with Gasteiger partial charge >= 0.3 is 0 Å². The number of benzene rings is 1. The summed E-state index contributed by atoms with van der Waals surface area (Å²) in [6, 6.07) is 10.4. The predicted molar refractivity (Wildman–Crippen MR) is 127 cm³/mol. The van der Waals surface area contributed by atoms with Crippen LogP contribution in [-0.2, 0) is 20.6 Å². The smallest absolute Gasteiger partial charge is 0.191 e. The molecule has 0 aliphatic rings. The predicted octanol–water partition coefficient (Wildman–Crippen LogP) is 3.25. The number of rotatable bonds is 16. The van der Waals surface area contributed by atoms with Crippen LogP contribution in [0.3, 0.4) is 0 Å². The molecule has 0 aromatic heterocycles. The summed E-state index contributed by atoms with van der Waals surface area (Å²) in [6.45, 7) is 7.99. The Morgan fingerprint density at radius 2 is 1.46 bits per heavy atom. The van der Waals surface area contributed by atoms with Crippen LogP contribution < -0.4 is 10.6 Å². The largest absolute Gasteiger partial charge is 0.381 e. The van der Waals surface area contributed by atoms with Crippen molar-refractivity contribution in [3.63, 3.8) is 0 Å². The molecule has 28 heavy (non-hydrogen) atoms. The van der Waals surface area contributed by atoms with Gasteiger partial charge in [0.2, 0.25) is 0 Å². The molecule has 0 saturated heterocycles. The third kappa shape index (κ3) is 16.1. The number of ether oxygens (including phenoxy) is 3. The Morgan fingerprint density at radius 1 is 0.821 bits per heavy atom. The molecule has 1 rings (SSSR count). The lowest BCUT2D eigenvalue weighted by Crippen LogP contribution is -2.39. The Kier molecular flexibility index (Phi) is 20.2. The average molecular weight is 507 g/mol. The summed E-state index contributed by atoms with van der Waals surface area (Å²) in [5, 5.41) is 6.52. The van der Waals surface area contributed by atoms with E-state index in [9.17, 15) is 0 Å². The number of guanidine groups is 1. The Hall–Kier alpha value is -0.900. The Labute approximate surface area is 187 Å². The fourth-order valence-electron chi connectivity index (χ4n) is 2.35. The molecular weight excluding hydrogens is 469 g/mol. The average Bonchev–Trinajstić information content (AvgIpc) is 2.71. The number of nitrogens with one attached hydrogen (secondary N) is 2. The van der Waals surface area contributed by atoms with Crippen LogP contribution in [-0.4, -0.2) is 65.7 Å². The zero-order valence-corrected chi connectivity index (χ0v) is 19.8. The van der Waals surface area contributed by atoms with Gasteiger partial charge in [-0.1, -0.05) is 43.7 Å². The summed E-state index contributed by atoms with van der Waals surface area (Å²) in [5.41, 5.74) is 1.31. The van der Waals surface area contributed by atoms with Crippen LogP contribution in [0.5, 0.6) is 0 Å². The second-order valence-electron chi connectivity index (χ2n) is 6.21. The zero-order valence-electron chi connectivity index (χ0n) is 17.5. The molecule has 0 heterocycles. The van der Waals surface area contributed by atoms with Gasteiger partial charge in [0.15, 0.2) is 5.96 Å². The van der Waals surface area contributed by atoms with E-state index in [-0.39, 0.29) is 24.0 Å². The molecule has 0 saturated carbocycles. The molecule has 0 atom stereocenters. The molecule has 7 heteroatoms. The molecule has 2 N–H and O–H groups in total. The maximum atomic E-state index is 5.68. The summed E-state index contributed by atoms with van der Waals surface area (Å²) in [5.74, 6) is 0.794. The normalized spacial score (nSPS) is 11.1. The van der Waals surface area contributed by atoms with E-state index in [1.165, 1.54) is 5.56 Å². The molecule has 1 aromatic carbocycles. The number of unbranched alkanes of at least 4 members (excludes halogenated alkanes) is 1. The first-order valence-electron chi connectivity index (χ1n) is 10.1. The minimum Gasteiger partial charge on any atom is -0.381 e. The van der Waals surface area contributed by atoms with Crippen LogP contribution in [0, 0.1) is 0 Å². The highest BCUT2D eigenvalue weighted by Gasteiger charge is 1.97. The summed E-state index contributed by atoms with van der Waals surface area (Å²) >= 11 is 0. The third-order valence-electron chi connectivity index (χ3n) is 3.91. The molecule has 0 aliphatic heterocycles. The minimum atomic E-state index is 0. The van der Waals surface area contributed by atoms with E-state index in [0.717, 1.165) is 64.6 Å². The highest BCUT2D eigenvalue weighted by Crippen LogP contribution is 1.99. The van der Waals surface area contributed by atoms with Crippen LogP contribution in [0.4, 0.5) is 0 Å². The van der Waals surface area contributed by atoms with E-state index in [1.54, 1.807) is 7.05 Å². The minimum absolute atomic E-state index is 0. The Morgan fingerprint density at radius 3 is 2.18 bits per heavy atom. The lowest BCUT2D eigenvalue weighted by Gasteiger charge is -2.12. The van der Waals surface area contributed by atoms with Crippen molar-refractivity contribution in [3.8, 4) is 0 Å². The van der Waals surface area contributed by atoms with E-state index in [0.29, 0.717) is 19.8 Å². The van der Waals surface area contributed by atoms with E-state index >= 15 is 0 Å². The topological polar surface area (TPSA) is 64.1 Å². The van der Waals surface area contributed by atoms with Crippen molar-refractivity contribution in [2.24, 2.45) is 4.99 Å². The Bertz CT molecular complexity index is 475. The van der Waals surface area contributed by atoms with Gasteiger partial charge < -0.3 is 24.8 Å². The number of nitrogens with zero attached hydrogens (tertiary/aromatic N) is 1. The second-order valence-corrected chi connectivity index (χ2v) is 6.21. The number of hydrogen-bond donors (Lipinski definition) is 2. The summed E-state index contributed by atoms with van der Waals surface area (Å²) < 4.78 is 16.7. The van der Waals surface area contributed by atoms with Gasteiger partial charge in [-0.05, 0) is 24.8 Å². The van der Waals surface area contributed by atoms with Crippen molar-refractivity contribution < 1.29 is 14.2 Å². The molecule has 0 aliphatic carbocycles. The zero-order chi connectivity index (χ0) is 19.4. The fourth-order valence-corrected chi connectivity index (χ4v) is 2.35. The molecule has 0 fully saturated rings. The molecule has 0 radical (unpaired) electrons. The van der Waals surface area contributed by atoms with E-state index in [4.69, 9.17) is 14.2 Å². The maximum Gasteiger partial charge on any atom is 0.191 e. The van der Waals surface area contributed by atoms with Crippen molar-refractivity contribution >= 4 is 29.9 Å². The van der Waals surface area contributed by atoms with Crippen LogP contribution in [0.15, 0.2) is 35.3 Å². The molecule has 162 valence electrons. The van der Waals surface area contributed by atoms with Crippen molar-refractivity contribution in [2.45, 2.75) is 32.6 Å². The van der Waals surface area contributed by atoms with Gasteiger partial charge in [0.1, 0.15) is 0 Å². The van der Waals surface area contributed by atoms with Gasteiger partial charge in [0.25, 0.3) is 0 Å². The Balaban J connectivity index is 0.00000729. The van der Waals surface area contributed by atoms with Gasteiger partial charge in [-0.15, -0.1) is 24.0 Å². The molecule has 1 aromatic rings. The molecule has 0 spiro atoms. The van der Waals surface area contributed by atoms with Gasteiger partial charge in [-0.2, -0.15) is 0 Å². The van der Waals surface area contributed by atoms with Crippen LogP contribution in [0.25, 0.3) is 0 Å². The molecule has 0 unspecified atom stereocenters. The van der Waals surface area contributed by atoms with Gasteiger partial charge in [-0.3, -0.25) is 4.99 Å². The number of halogens is 1. The van der Waals surface area contributed by atoms with Crippen LogP contribution in [0.2, 0.25) is 0 Å². The van der Waals surface area contributed by atoms with Gasteiger partial charge in [0.05, 0.1) is 26.4 Å². The number of aliphatic imine (C=N–C) groups is 1. The quantitative estimate of drug-likeness (QED) is 0.156. The van der Waals surface area contributed by atoms with Crippen molar-refractivity contribution in [3.05, 3.63) is 35.9 Å². The highest BCUT2D eigenvalue weighted by molar-refractivity contribution is 14.0. The van der Waals surface area contributed by atoms with E-state index in [1.807, 2.05) is 6.07 Å². The standard InChI is InChI=1S/C21H37N3O3.HI/c1-3-4-14-26-18-19-27-17-13-24-21(22-2)23-12-8-15-25-16-11-20-9-6-5-7-10-20;/h5-7,9-10H,3-4,8,11-19H2,1-2H3,(H2,22,23,24);1H. The summed E-state index contributed by atoms with van der Waals surface area (Å²) in [4.78, 5) is 4.20. The fraction of sp³-hybridized carbons (Fsp3) is 0.667. The van der Waals surface area contributed by atoms with E-state index < -0.39 is 0 Å². The molecule has 6 nitrogen and oxygen atoms in total. The first kappa shape index (κ1) is 27.1. The van der Waals surface area contributed by atoms with Gasteiger partial charge in [-0.25, -0.2) is 0 Å². The second kappa shape index (κ2) is 20.8. The first-order chi connectivity index (χ1) is 13.4. The van der Waals surface area contributed by atoms with E-state index in [2.05, 4.69) is 46.8 Å². The van der Waals surface area contributed by atoms with Crippen LogP contribution in [0.1, 0.15) is 31.7 Å². The third-order valence-corrected chi connectivity index (χ3v) is 3.91. The van der Waals surface area contributed by atoms with Crippen molar-refractivity contribution in [1.29, 1.82) is 0 Å². The highest BCUT2D eigenvalue weighted by atomic mass is 127. The maximum absolute atomic E-state index is 5.68. The monoisotopic (exact) mass is 507 g/mol. The first-order valence-corrected chi connectivity index (χ1v) is 10.1. The molecule has 0 amide bonds. The lowest BCUT2D eigenvalue weighted by molar-refractivity contribution is 0.0487. The number of hydrogen-bond acceptors (Lipinski definition) is 4. The van der Waals surface area contributed by atoms with Crippen molar-refractivity contribution in [2.75, 3.05) is 59.8 Å². The van der Waals surface area contributed by atoms with Gasteiger partial charge in [0, 0.05) is 33.4 Å². The SMILES string of the molecule is CCCCOCCOCCNC(=NC)NCCCOCCc1ccccc1.I. The molecular formula is C21H38IN3O3. The lowest BCUT2D eigenvalue weighted by atomic mass is 10.2. The summed E-state index contributed by atoms with van der Waals surface area (Å²) in [6.07, 6.45) is 4.18. The van der Waals surface area contributed by atoms with Crippen LogP contribution >= 0.6 is 24.0 Å². The van der Waals surface area contributed by atoms with Crippen molar-refractivity contribution in [1.82, 2.24) is 10.6 Å².